The second-order valence-electron chi connectivity index (χ2n) is 10.3. The number of fused-ring (bicyclic) bond motifs is 1. The summed E-state index contributed by atoms with van der Waals surface area (Å²) in [4.78, 5) is 37.8. The van der Waals surface area contributed by atoms with Gasteiger partial charge in [0.2, 0.25) is 0 Å². The third-order valence-electron chi connectivity index (χ3n) is 7.81. The summed E-state index contributed by atoms with van der Waals surface area (Å²) < 4.78 is 0. The fourth-order valence-corrected chi connectivity index (χ4v) is 5.80. The third kappa shape index (κ3) is 5.09. The molecular formula is C30H33N5O2. The molecule has 0 bridgehead atoms. The van der Waals surface area contributed by atoms with Crippen molar-refractivity contribution in [3.63, 3.8) is 0 Å². The number of nitrogens with zero attached hydrogens (tertiary/aromatic N) is 3. The van der Waals surface area contributed by atoms with Crippen LogP contribution in [0.1, 0.15) is 63.4 Å². The number of pyridine rings is 1. The first-order chi connectivity index (χ1) is 18.1. The van der Waals surface area contributed by atoms with Crippen LogP contribution in [-0.2, 0) is 6.42 Å². The van der Waals surface area contributed by atoms with Gasteiger partial charge in [0.1, 0.15) is 0 Å². The number of aromatic nitrogens is 2. The zero-order chi connectivity index (χ0) is 25.2. The molecule has 2 amide bonds. The van der Waals surface area contributed by atoms with Crippen molar-refractivity contribution in [2.75, 3.05) is 32.7 Å². The van der Waals surface area contributed by atoms with E-state index in [0.717, 1.165) is 71.7 Å². The van der Waals surface area contributed by atoms with Gasteiger partial charge < -0.3 is 20.1 Å². The molecule has 0 spiro atoms. The summed E-state index contributed by atoms with van der Waals surface area (Å²) in [5.74, 6) is 0.126. The zero-order valence-electron chi connectivity index (χ0n) is 21.1. The van der Waals surface area contributed by atoms with Crippen LogP contribution in [0, 0.1) is 0 Å². The van der Waals surface area contributed by atoms with Crippen molar-refractivity contribution in [1.82, 2.24) is 25.1 Å². The number of amides is 2. The molecule has 7 heteroatoms. The van der Waals surface area contributed by atoms with Crippen molar-refractivity contribution in [1.29, 1.82) is 0 Å². The van der Waals surface area contributed by atoms with Crippen LogP contribution in [0.25, 0.3) is 23.4 Å². The van der Waals surface area contributed by atoms with E-state index in [4.69, 9.17) is 0 Å². The van der Waals surface area contributed by atoms with Gasteiger partial charge in [0.05, 0.1) is 11.3 Å². The molecule has 2 N–H and O–H groups in total. The van der Waals surface area contributed by atoms with Crippen LogP contribution < -0.4 is 5.32 Å². The highest BCUT2D eigenvalue weighted by atomic mass is 16.2. The first-order valence-electron chi connectivity index (χ1n) is 13.4. The number of hydrogen-bond donors (Lipinski definition) is 2. The van der Waals surface area contributed by atoms with Crippen LogP contribution in [0.3, 0.4) is 0 Å². The monoisotopic (exact) mass is 495 g/mol. The Morgan fingerprint density at radius 3 is 2.68 bits per heavy atom. The van der Waals surface area contributed by atoms with Gasteiger partial charge in [-0.05, 0) is 80.7 Å². The van der Waals surface area contributed by atoms with Crippen molar-refractivity contribution >= 4 is 24.0 Å². The molecule has 1 atom stereocenters. The second-order valence-corrected chi connectivity index (χ2v) is 10.3. The van der Waals surface area contributed by atoms with Gasteiger partial charge in [0, 0.05) is 60.8 Å². The Bertz CT molecular complexity index is 1320. The van der Waals surface area contributed by atoms with Crippen LogP contribution in [0.15, 0.2) is 48.7 Å². The molecule has 1 aromatic carbocycles. The standard InChI is InChI=1S/C30H33N5O2/c36-29-26-19-28(33-27(26)12-14-32-29)23-11-13-31-24(18-23)10-7-21-5-8-22(9-6-21)30(37)35-17-3-4-25(35)20-34-15-1-2-16-34/h5-11,13,18-19,25,33H,1-4,12,14-17,20H2,(H,32,36)/t25-/m1/s1. The lowest BCUT2D eigenvalue weighted by Gasteiger charge is -2.28. The van der Waals surface area contributed by atoms with Crippen LogP contribution >= 0.6 is 0 Å². The smallest absolute Gasteiger partial charge is 0.254 e. The molecule has 5 heterocycles. The average Bonchev–Trinajstić information content (AvgIpc) is 3.70. The van der Waals surface area contributed by atoms with E-state index in [9.17, 15) is 9.59 Å². The molecule has 0 radical (unpaired) electrons. The topological polar surface area (TPSA) is 81.3 Å². The van der Waals surface area contributed by atoms with Crippen molar-refractivity contribution in [2.24, 2.45) is 0 Å². The van der Waals surface area contributed by atoms with Gasteiger partial charge in [0.25, 0.3) is 11.8 Å². The molecule has 0 aliphatic carbocycles. The van der Waals surface area contributed by atoms with Gasteiger partial charge in [-0.1, -0.05) is 18.2 Å². The summed E-state index contributed by atoms with van der Waals surface area (Å²) >= 11 is 0. The van der Waals surface area contributed by atoms with E-state index < -0.39 is 0 Å². The van der Waals surface area contributed by atoms with Crippen LogP contribution in [-0.4, -0.2) is 70.3 Å². The summed E-state index contributed by atoms with van der Waals surface area (Å²) in [5.41, 5.74) is 6.23. The van der Waals surface area contributed by atoms with Crippen LogP contribution in [0.5, 0.6) is 0 Å². The lowest BCUT2D eigenvalue weighted by Crippen LogP contribution is -2.42. The van der Waals surface area contributed by atoms with E-state index >= 15 is 0 Å². The Labute approximate surface area is 217 Å². The van der Waals surface area contributed by atoms with E-state index in [2.05, 4.69) is 25.1 Å². The minimum atomic E-state index is -0.0216. The minimum Gasteiger partial charge on any atom is -0.358 e. The van der Waals surface area contributed by atoms with Crippen molar-refractivity contribution in [2.45, 2.75) is 38.1 Å². The molecular weight excluding hydrogens is 462 g/mol. The van der Waals surface area contributed by atoms with Gasteiger partial charge in [-0.3, -0.25) is 14.6 Å². The molecule has 6 rings (SSSR count). The summed E-state index contributed by atoms with van der Waals surface area (Å²) in [6, 6.07) is 14.1. The SMILES string of the molecule is O=C1NCCc2[nH]c(-c3ccnc(C=Cc4ccc(C(=O)N5CCC[C@@H]5CN5CCCC5)cc4)c3)cc21. The maximum Gasteiger partial charge on any atom is 0.254 e. The fourth-order valence-electron chi connectivity index (χ4n) is 5.80. The maximum atomic E-state index is 13.2. The number of carbonyl (C=O) groups is 2. The molecule has 3 aromatic rings. The van der Waals surface area contributed by atoms with E-state index in [1.165, 1.54) is 25.9 Å². The molecule has 190 valence electrons. The summed E-state index contributed by atoms with van der Waals surface area (Å²) in [5, 5.41) is 2.89. The lowest BCUT2D eigenvalue weighted by molar-refractivity contribution is 0.0708. The Morgan fingerprint density at radius 2 is 1.86 bits per heavy atom. The Hall–Kier alpha value is -3.71. The number of H-pyrrole nitrogens is 1. The van der Waals surface area contributed by atoms with Crippen LogP contribution in [0.4, 0.5) is 0 Å². The second kappa shape index (κ2) is 10.3. The van der Waals surface area contributed by atoms with Gasteiger partial charge in [0.15, 0.2) is 0 Å². The molecule has 3 aliphatic heterocycles. The van der Waals surface area contributed by atoms with Gasteiger partial charge in [-0.2, -0.15) is 0 Å². The fraction of sp³-hybridized carbons (Fsp3) is 0.367. The summed E-state index contributed by atoms with van der Waals surface area (Å²) in [7, 11) is 0. The molecule has 37 heavy (non-hydrogen) atoms. The molecule has 0 saturated carbocycles. The number of carbonyl (C=O) groups excluding carboxylic acids is 2. The Balaban J connectivity index is 1.12. The normalized spacial score (nSPS) is 19.9. The number of benzene rings is 1. The Morgan fingerprint density at radius 1 is 1.03 bits per heavy atom. The predicted molar refractivity (Wildman–Crippen MR) is 145 cm³/mol. The predicted octanol–water partition coefficient (Wildman–Crippen LogP) is 4.23. The highest BCUT2D eigenvalue weighted by molar-refractivity contribution is 5.98. The van der Waals surface area contributed by atoms with Crippen molar-refractivity contribution < 1.29 is 9.59 Å². The first-order valence-corrected chi connectivity index (χ1v) is 13.4. The van der Waals surface area contributed by atoms with Gasteiger partial charge >= 0.3 is 0 Å². The zero-order valence-corrected chi connectivity index (χ0v) is 21.1. The first kappa shape index (κ1) is 23.7. The molecule has 7 nitrogen and oxygen atoms in total. The number of aromatic amines is 1. The number of likely N-dealkylation sites (tertiary alicyclic amines) is 2. The number of nitrogens with one attached hydrogen (secondary N) is 2. The molecule has 0 unspecified atom stereocenters. The molecule has 2 saturated heterocycles. The summed E-state index contributed by atoms with van der Waals surface area (Å²) in [6.45, 7) is 4.87. The van der Waals surface area contributed by atoms with E-state index in [1.54, 1.807) is 6.20 Å². The van der Waals surface area contributed by atoms with Crippen molar-refractivity contribution in [3.05, 3.63) is 76.7 Å². The van der Waals surface area contributed by atoms with Gasteiger partial charge in [-0.25, -0.2) is 0 Å². The summed E-state index contributed by atoms with van der Waals surface area (Å²) in [6.07, 6.45) is 11.3. The number of hydrogen-bond acceptors (Lipinski definition) is 4. The largest absolute Gasteiger partial charge is 0.358 e. The molecule has 2 aromatic heterocycles. The quantitative estimate of drug-likeness (QED) is 0.536. The van der Waals surface area contributed by atoms with E-state index in [-0.39, 0.29) is 11.8 Å². The number of rotatable bonds is 6. The highest BCUT2D eigenvalue weighted by Crippen LogP contribution is 2.25. The average molecular weight is 496 g/mol. The van der Waals surface area contributed by atoms with E-state index in [0.29, 0.717) is 12.6 Å². The van der Waals surface area contributed by atoms with Gasteiger partial charge in [-0.15, -0.1) is 0 Å². The van der Waals surface area contributed by atoms with Crippen LogP contribution in [0.2, 0.25) is 0 Å². The van der Waals surface area contributed by atoms with E-state index in [1.807, 2.05) is 54.6 Å². The third-order valence-corrected chi connectivity index (χ3v) is 7.81. The Kier molecular flexibility index (Phi) is 6.62. The maximum absolute atomic E-state index is 13.2. The highest BCUT2D eigenvalue weighted by Gasteiger charge is 2.31. The minimum absolute atomic E-state index is 0.0216. The lowest BCUT2D eigenvalue weighted by atomic mass is 10.1. The molecule has 2 fully saturated rings. The van der Waals surface area contributed by atoms with Crippen molar-refractivity contribution in [3.8, 4) is 11.3 Å². The molecule has 3 aliphatic rings.